The highest BCUT2D eigenvalue weighted by Gasteiger charge is 2.25. The summed E-state index contributed by atoms with van der Waals surface area (Å²) in [6, 6.07) is 25.7. The second-order valence-corrected chi connectivity index (χ2v) is 15.4. The molecular formula is C38H39FN8O3S2. The third kappa shape index (κ3) is 7.94. The first kappa shape index (κ1) is 35.5. The van der Waals surface area contributed by atoms with Crippen molar-refractivity contribution in [2.24, 2.45) is 0 Å². The fraction of sp³-hybridized carbons (Fsp3) is 0.263. The molecule has 14 heteroatoms. The van der Waals surface area contributed by atoms with E-state index in [1.54, 1.807) is 29.6 Å². The number of pyridine rings is 1. The molecule has 0 saturated carbocycles. The van der Waals surface area contributed by atoms with Gasteiger partial charge < -0.3 is 15.2 Å². The minimum absolute atomic E-state index is 0.264. The Labute approximate surface area is 309 Å². The van der Waals surface area contributed by atoms with E-state index < -0.39 is 17.6 Å². The van der Waals surface area contributed by atoms with Crippen LogP contribution in [0.15, 0.2) is 101 Å². The van der Waals surface area contributed by atoms with Crippen molar-refractivity contribution >= 4 is 41.0 Å². The molecule has 1 fully saturated rings. The van der Waals surface area contributed by atoms with Crippen molar-refractivity contribution in [1.29, 1.82) is 0 Å². The number of amides is 2. The molecule has 0 atom stereocenters. The normalized spacial score (nSPS) is 13.8. The first-order chi connectivity index (χ1) is 25.2. The quantitative estimate of drug-likeness (QED) is 0.126. The lowest BCUT2D eigenvalue weighted by atomic mass is 10.1. The second kappa shape index (κ2) is 15.4. The number of urea groups is 1. The van der Waals surface area contributed by atoms with E-state index in [-0.39, 0.29) is 11.3 Å². The molecule has 3 aromatic heterocycles. The van der Waals surface area contributed by atoms with Crippen LogP contribution in [0.4, 0.5) is 15.0 Å². The molecule has 7 rings (SSSR count). The van der Waals surface area contributed by atoms with Gasteiger partial charge in [0, 0.05) is 59.9 Å². The molecule has 6 aromatic rings. The monoisotopic (exact) mass is 738 g/mol. The van der Waals surface area contributed by atoms with Crippen LogP contribution in [0.1, 0.15) is 30.7 Å². The number of hydrogen-bond acceptors (Lipinski definition) is 9. The standard InChI is InChI=1S/C38H39FN8O3S2/c1-38(2,51-3)33-21-35(47(44-33)28-12-14-30(39)31(48)20-28)41-37(49)40-22-27-6-4-5-7-32(27)52-29-13-15-34-42-43-36(46(34)24-29)26-10-8-25(9-11-26)23-45-16-18-50-19-17-45/h4-15,20-21,24,48H,16-19,22-23H2,1-3H3,(H2,40,41,49). The molecule has 1 aliphatic rings. The molecule has 1 saturated heterocycles. The average Bonchev–Trinajstić information content (AvgIpc) is 3.78. The molecule has 1 aliphatic heterocycles. The molecule has 3 aromatic carbocycles. The number of phenolic OH excluding ortho intramolecular Hbond substituents is 1. The van der Waals surface area contributed by atoms with Crippen LogP contribution in [0.2, 0.25) is 0 Å². The van der Waals surface area contributed by atoms with Crippen LogP contribution >= 0.6 is 23.5 Å². The largest absolute Gasteiger partial charge is 0.505 e. The number of fused-ring (bicyclic) bond motifs is 1. The third-order valence-corrected chi connectivity index (χ3v) is 11.3. The molecule has 0 unspecified atom stereocenters. The highest BCUT2D eigenvalue weighted by atomic mass is 32.2. The van der Waals surface area contributed by atoms with E-state index in [1.165, 1.54) is 22.4 Å². The second-order valence-electron chi connectivity index (χ2n) is 12.9. The number of thioether (sulfide) groups is 1. The maximum absolute atomic E-state index is 13.8. The Balaban J connectivity index is 1.05. The number of phenols is 1. The zero-order valence-electron chi connectivity index (χ0n) is 29.0. The third-order valence-electron chi connectivity index (χ3n) is 8.99. The number of morpholine rings is 1. The van der Waals surface area contributed by atoms with E-state index in [0.717, 1.165) is 77.0 Å². The molecule has 11 nitrogen and oxygen atoms in total. The van der Waals surface area contributed by atoms with Crippen LogP contribution in [-0.4, -0.2) is 73.0 Å². The number of aromatic nitrogens is 5. The van der Waals surface area contributed by atoms with Crippen molar-refractivity contribution in [3.05, 3.63) is 114 Å². The van der Waals surface area contributed by atoms with Gasteiger partial charge in [-0.1, -0.05) is 54.2 Å². The summed E-state index contributed by atoms with van der Waals surface area (Å²) in [6.07, 6.45) is 4.02. The van der Waals surface area contributed by atoms with Crippen LogP contribution in [-0.2, 0) is 22.6 Å². The highest BCUT2D eigenvalue weighted by molar-refractivity contribution is 7.99. The number of nitrogens with zero attached hydrogens (tertiary/aromatic N) is 6. The summed E-state index contributed by atoms with van der Waals surface area (Å²) in [5, 5.41) is 29.5. The topological polar surface area (TPSA) is 122 Å². The molecule has 0 bridgehead atoms. The Morgan fingerprint density at radius 1 is 1.00 bits per heavy atom. The van der Waals surface area contributed by atoms with Gasteiger partial charge in [-0.3, -0.25) is 14.6 Å². The number of aromatic hydroxyl groups is 1. The number of halogens is 1. The van der Waals surface area contributed by atoms with E-state index in [1.807, 2.05) is 67.1 Å². The van der Waals surface area contributed by atoms with E-state index >= 15 is 0 Å². The average molecular weight is 739 g/mol. The number of nitrogens with one attached hydrogen (secondary N) is 2. The summed E-state index contributed by atoms with van der Waals surface area (Å²) in [5.74, 6) is -0.0951. The number of anilines is 1. The highest BCUT2D eigenvalue weighted by Crippen LogP contribution is 2.36. The van der Waals surface area contributed by atoms with Crippen molar-refractivity contribution in [2.45, 2.75) is 41.5 Å². The van der Waals surface area contributed by atoms with Gasteiger partial charge in [0.05, 0.1) is 29.3 Å². The fourth-order valence-corrected chi connectivity index (χ4v) is 7.09. The van der Waals surface area contributed by atoms with Crippen molar-refractivity contribution in [1.82, 2.24) is 34.6 Å². The smallest absolute Gasteiger partial charge is 0.320 e. The number of ether oxygens (including phenoxy) is 1. The molecule has 4 heterocycles. The van der Waals surface area contributed by atoms with Crippen molar-refractivity contribution in [3.63, 3.8) is 0 Å². The molecule has 0 spiro atoms. The lowest BCUT2D eigenvalue weighted by Gasteiger charge is -2.26. The van der Waals surface area contributed by atoms with E-state index in [9.17, 15) is 14.3 Å². The summed E-state index contributed by atoms with van der Waals surface area (Å²) in [4.78, 5) is 17.7. The van der Waals surface area contributed by atoms with Gasteiger partial charge >= 0.3 is 6.03 Å². The number of carbonyl (C=O) groups excluding carboxylic acids is 1. The Bertz CT molecular complexity index is 2200. The van der Waals surface area contributed by atoms with Crippen LogP contribution in [0.3, 0.4) is 0 Å². The Kier molecular flexibility index (Phi) is 10.5. The Morgan fingerprint density at radius 3 is 2.56 bits per heavy atom. The van der Waals surface area contributed by atoms with Gasteiger partial charge in [-0.25, -0.2) is 13.9 Å². The van der Waals surface area contributed by atoms with Crippen LogP contribution in [0, 0.1) is 5.82 Å². The molecular weight excluding hydrogens is 700 g/mol. The summed E-state index contributed by atoms with van der Waals surface area (Å²) < 4.78 is 22.5. The SMILES string of the molecule is CSC(C)(C)c1cc(NC(=O)NCc2ccccc2Sc2ccc3nnc(-c4ccc(CN5CCOCC5)cc4)n3c2)n(-c2ccc(F)c(O)c2)n1. The van der Waals surface area contributed by atoms with Gasteiger partial charge in [0.1, 0.15) is 5.82 Å². The van der Waals surface area contributed by atoms with E-state index in [0.29, 0.717) is 11.5 Å². The first-order valence-electron chi connectivity index (χ1n) is 16.9. The van der Waals surface area contributed by atoms with Gasteiger partial charge in [0.15, 0.2) is 23.0 Å². The zero-order valence-corrected chi connectivity index (χ0v) is 30.7. The first-order valence-corrected chi connectivity index (χ1v) is 18.9. The minimum atomic E-state index is -0.739. The van der Waals surface area contributed by atoms with E-state index in [2.05, 4.69) is 50.0 Å². The molecule has 0 aliphatic carbocycles. The zero-order chi connectivity index (χ0) is 36.2. The minimum Gasteiger partial charge on any atom is -0.505 e. The fourth-order valence-electron chi connectivity index (χ4n) is 5.82. The molecule has 2 amide bonds. The number of rotatable bonds is 11. The summed E-state index contributed by atoms with van der Waals surface area (Å²) >= 11 is 3.20. The Hall–Kier alpha value is -4.89. The summed E-state index contributed by atoms with van der Waals surface area (Å²) in [5.41, 5.74) is 5.05. The lowest BCUT2D eigenvalue weighted by Crippen LogP contribution is -2.35. The molecule has 0 radical (unpaired) electrons. The van der Waals surface area contributed by atoms with Gasteiger partial charge in [-0.15, -0.1) is 10.2 Å². The number of carbonyl (C=O) groups is 1. The molecule has 268 valence electrons. The van der Waals surface area contributed by atoms with Gasteiger partial charge in [0.2, 0.25) is 0 Å². The number of benzene rings is 3. The van der Waals surface area contributed by atoms with Crippen molar-refractivity contribution in [3.8, 4) is 22.8 Å². The lowest BCUT2D eigenvalue weighted by molar-refractivity contribution is 0.0342. The van der Waals surface area contributed by atoms with Gasteiger partial charge in [0.25, 0.3) is 0 Å². The molecule has 52 heavy (non-hydrogen) atoms. The van der Waals surface area contributed by atoms with Gasteiger partial charge in [-0.2, -0.15) is 16.9 Å². The van der Waals surface area contributed by atoms with E-state index in [4.69, 9.17) is 9.84 Å². The van der Waals surface area contributed by atoms with Crippen molar-refractivity contribution < 1.29 is 19.0 Å². The number of hydrogen-bond donors (Lipinski definition) is 3. The van der Waals surface area contributed by atoms with Crippen molar-refractivity contribution in [2.75, 3.05) is 37.9 Å². The summed E-state index contributed by atoms with van der Waals surface area (Å²) in [7, 11) is 0. The predicted octanol–water partition coefficient (Wildman–Crippen LogP) is 7.33. The van der Waals surface area contributed by atoms with Gasteiger partial charge in [-0.05, 0) is 61.6 Å². The van der Waals surface area contributed by atoms with Crippen LogP contribution in [0.5, 0.6) is 5.75 Å². The Morgan fingerprint density at radius 2 is 1.79 bits per heavy atom. The summed E-state index contributed by atoms with van der Waals surface area (Å²) in [6.45, 7) is 8.65. The maximum atomic E-state index is 13.8. The van der Waals surface area contributed by atoms with Crippen LogP contribution < -0.4 is 10.6 Å². The van der Waals surface area contributed by atoms with Crippen LogP contribution in [0.25, 0.3) is 22.7 Å². The maximum Gasteiger partial charge on any atom is 0.320 e. The molecule has 3 N–H and O–H groups in total. The predicted molar refractivity (Wildman–Crippen MR) is 203 cm³/mol.